The highest BCUT2D eigenvalue weighted by atomic mass is 32.2. The van der Waals surface area contributed by atoms with Gasteiger partial charge in [-0.1, -0.05) is 6.07 Å². The van der Waals surface area contributed by atoms with Crippen LogP contribution in [0.4, 0.5) is 0 Å². The topological polar surface area (TPSA) is 102 Å². The van der Waals surface area contributed by atoms with Crippen LogP contribution in [0.15, 0.2) is 23.1 Å². The van der Waals surface area contributed by atoms with Crippen LogP contribution < -0.4 is 9.47 Å². The second-order valence-electron chi connectivity index (χ2n) is 6.08. The van der Waals surface area contributed by atoms with Crippen molar-refractivity contribution >= 4 is 16.0 Å². The summed E-state index contributed by atoms with van der Waals surface area (Å²) in [6.07, 6.45) is 1.28. The normalized spacial score (nSPS) is 24.0. The maximum atomic E-state index is 13.3. The number of hydrogen-bond donors (Lipinski definition) is 1. The molecule has 138 valence electrons. The van der Waals surface area contributed by atoms with Gasteiger partial charge in [0.2, 0.25) is 10.0 Å². The molecule has 0 radical (unpaired) electrons. The molecule has 2 heterocycles. The van der Waals surface area contributed by atoms with Gasteiger partial charge in [0.25, 0.3) is 0 Å². The molecule has 1 unspecified atom stereocenters. The van der Waals surface area contributed by atoms with E-state index < -0.39 is 21.5 Å². The van der Waals surface area contributed by atoms with Gasteiger partial charge in [-0.2, -0.15) is 4.31 Å². The Bertz CT molecular complexity index is 764. The summed E-state index contributed by atoms with van der Waals surface area (Å²) < 4.78 is 43.8. The number of aliphatic carboxylic acids is 1. The number of hydrogen-bond acceptors (Lipinski definition) is 6. The van der Waals surface area contributed by atoms with Crippen molar-refractivity contribution in [1.82, 2.24) is 4.31 Å². The van der Waals surface area contributed by atoms with Crippen molar-refractivity contribution < 1.29 is 32.5 Å². The summed E-state index contributed by atoms with van der Waals surface area (Å²) in [6, 6.07) is 4.62. The summed E-state index contributed by atoms with van der Waals surface area (Å²) in [5.41, 5.74) is -1.61. The number of sulfonamides is 1. The average molecular weight is 371 g/mol. The lowest BCUT2D eigenvalue weighted by Gasteiger charge is -2.33. The number of para-hydroxylation sites is 1. The highest BCUT2D eigenvalue weighted by Crippen LogP contribution is 2.41. The Morgan fingerprint density at radius 2 is 2.08 bits per heavy atom. The third kappa shape index (κ3) is 2.96. The predicted molar refractivity (Wildman–Crippen MR) is 87.4 cm³/mol. The maximum absolute atomic E-state index is 13.3. The number of carboxylic acid groups (broad SMARTS) is 1. The Hall–Kier alpha value is -1.84. The highest BCUT2D eigenvalue weighted by Gasteiger charge is 2.54. The standard InChI is InChI=1S/C16H21NO7S/c1-22-11-16(15(18)19)7-3-8-17(16)25(20,21)13-6-2-5-12-14(13)24-10-4-9-23-12/h2,5-6H,3-4,7-11H2,1H3,(H,18,19). The Balaban J connectivity index is 2.09. The van der Waals surface area contributed by atoms with Gasteiger partial charge in [0.15, 0.2) is 17.0 Å². The lowest BCUT2D eigenvalue weighted by Crippen LogP contribution is -2.55. The zero-order valence-electron chi connectivity index (χ0n) is 13.9. The van der Waals surface area contributed by atoms with E-state index in [1.54, 1.807) is 12.1 Å². The minimum absolute atomic E-state index is 0.0736. The van der Waals surface area contributed by atoms with Crippen LogP contribution in [0.25, 0.3) is 0 Å². The van der Waals surface area contributed by atoms with Gasteiger partial charge in [-0.05, 0) is 25.0 Å². The summed E-state index contributed by atoms with van der Waals surface area (Å²) >= 11 is 0. The van der Waals surface area contributed by atoms with Crippen molar-refractivity contribution in [2.45, 2.75) is 29.7 Å². The molecule has 2 aliphatic heterocycles. The molecular formula is C16H21NO7S. The van der Waals surface area contributed by atoms with E-state index in [1.807, 2.05) is 0 Å². The van der Waals surface area contributed by atoms with E-state index in [4.69, 9.17) is 14.2 Å². The molecule has 1 N–H and O–H groups in total. The zero-order valence-corrected chi connectivity index (χ0v) is 14.8. The van der Waals surface area contributed by atoms with E-state index in [0.29, 0.717) is 31.8 Å². The molecule has 0 bridgehead atoms. The molecule has 8 nitrogen and oxygen atoms in total. The van der Waals surface area contributed by atoms with Gasteiger partial charge in [-0.15, -0.1) is 0 Å². The van der Waals surface area contributed by atoms with Crippen LogP contribution in [0.2, 0.25) is 0 Å². The summed E-state index contributed by atoms with van der Waals surface area (Å²) in [5.74, 6) is -0.719. The number of carboxylic acids is 1. The second-order valence-corrected chi connectivity index (χ2v) is 7.92. The van der Waals surface area contributed by atoms with E-state index in [-0.39, 0.29) is 30.2 Å². The number of rotatable bonds is 5. The lowest BCUT2D eigenvalue weighted by atomic mass is 9.99. The molecule has 0 spiro atoms. The number of nitrogens with zero attached hydrogens (tertiary/aromatic N) is 1. The molecule has 1 saturated heterocycles. The van der Waals surface area contributed by atoms with Gasteiger partial charge in [0.05, 0.1) is 19.8 Å². The van der Waals surface area contributed by atoms with Gasteiger partial charge in [-0.3, -0.25) is 4.79 Å². The Kier molecular flexibility index (Phi) is 4.90. The molecule has 0 aromatic heterocycles. The fourth-order valence-electron chi connectivity index (χ4n) is 3.35. The first-order chi connectivity index (χ1) is 11.9. The number of methoxy groups -OCH3 is 1. The second kappa shape index (κ2) is 6.81. The van der Waals surface area contributed by atoms with Crippen molar-refractivity contribution in [2.24, 2.45) is 0 Å². The van der Waals surface area contributed by atoms with Crippen LogP contribution in [0, 0.1) is 0 Å². The molecule has 0 aliphatic carbocycles. The smallest absolute Gasteiger partial charge is 0.327 e. The number of carbonyl (C=O) groups is 1. The lowest BCUT2D eigenvalue weighted by molar-refractivity contribution is -0.150. The number of benzene rings is 1. The Labute approximate surface area is 146 Å². The SMILES string of the molecule is COCC1(C(=O)O)CCCN1S(=O)(=O)c1cccc2c1OCCCO2. The molecule has 0 saturated carbocycles. The van der Waals surface area contributed by atoms with Crippen molar-refractivity contribution in [2.75, 3.05) is 33.5 Å². The third-order valence-corrected chi connectivity index (χ3v) is 6.50. The molecule has 0 amide bonds. The molecule has 1 fully saturated rings. The predicted octanol–water partition coefficient (Wildman–Crippen LogP) is 1.10. The van der Waals surface area contributed by atoms with Gasteiger partial charge in [-0.25, -0.2) is 8.42 Å². The first kappa shape index (κ1) is 18.0. The minimum atomic E-state index is -4.10. The minimum Gasteiger partial charge on any atom is -0.490 e. The van der Waals surface area contributed by atoms with Crippen LogP contribution in [0.5, 0.6) is 11.5 Å². The van der Waals surface area contributed by atoms with Gasteiger partial charge in [0.1, 0.15) is 4.90 Å². The monoisotopic (exact) mass is 371 g/mol. The maximum Gasteiger partial charge on any atom is 0.327 e. The molecule has 25 heavy (non-hydrogen) atoms. The summed E-state index contributed by atoms with van der Waals surface area (Å²) in [5, 5.41) is 9.72. The number of fused-ring (bicyclic) bond motifs is 1. The van der Waals surface area contributed by atoms with E-state index in [9.17, 15) is 18.3 Å². The molecular weight excluding hydrogens is 350 g/mol. The molecule has 2 aliphatic rings. The average Bonchev–Trinajstić information content (AvgIpc) is 2.87. The Morgan fingerprint density at radius 3 is 2.80 bits per heavy atom. The van der Waals surface area contributed by atoms with Crippen LogP contribution in [-0.4, -0.2) is 62.8 Å². The van der Waals surface area contributed by atoms with Crippen LogP contribution >= 0.6 is 0 Å². The first-order valence-electron chi connectivity index (χ1n) is 8.07. The van der Waals surface area contributed by atoms with Crippen LogP contribution in [-0.2, 0) is 19.6 Å². The van der Waals surface area contributed by atoms with E-state index >= 15 is 0 Å². The Morgan fingerprint density at radius 1 is 1.32 bits per heavy atom. The van der Waals surface area contributed by atoms with Crippen molar-refractivity contribution in [3.8, 4) is 11.5 Å². The van der Waals surface area contributed by atoms with Crippen molar-refractivity contribution in [1.29, 1.82) is 0 Å². The summed E-state index contributed by atoms with van der Waals surface area (Å²) in [7, 11) is -2.74. The highest BCUT2D eigenvalue weighted by molar-refractivity contribution is 7.89. The van der Waals surface area contributed by atoms with Gasteiger partial charge < -0.3 is 19.3 Å². The number of ether oxygens (including phenoxy) is 3. The molecule has 1 aromatic carbocycles. The van der Waals surface area contributed by atoms with Crippen molar-refractivity contribution in [3.05, 3.63) is 18.2 Å². The van der Waals surface area contributed by atoms with E-state index in [0.717, 1.165) is 4.31 Å². The summed E-state index contributed by atoms with van der Waals surface area (Å²) in [6.45, 7) is 0.668. The molecule has 3 rings (SSSR count). The molecule has 1 aromatic rings. The fraction of sp³-hybridized carbons (Fsp3) is 0.562. The van der Waals surface area contributed by atoms with Crippen molar-refractivity contribution in [3.63, 3.8) is 0 Å². The van der Waals surface area contributed by atoms with Crippen LogP contribution in [0.3, 0.4) is 0 Å². The fourth-order valence-corrected chi connectivity index (χ4v) is 5.28. The largest absolute Gasteiger partial charge is 0.490 e. The third-order valence-electron chi connectivity index (χ3n) is 4.51. The quantitative estimate of drug-likeness (QED) is 0.827. The van der Waals surface area contributed by atoms with Gasteiger partial charge >= 0.3 is 5.97 Å². The van der Waals surface area contributed by atoms with Crippen LogP contribution in [0.1, 0.15) is 19.3 Å². The first-order valence-corrected chi connectivity index (χ1v) is 9.51. The van der Waals surface area contributed by atoms with Gasteiger partial charge in [0, 0.05) is 20.1 Å². The van der Waals surface area contributed by atoms with E-state index in [2.05, 4.69) is 0 Å². The molecule has 1 atom stereocenters. The summed E-state index contributed by atoms with van der Waals surface area (Å²) in [4.78, 5) is 11.8. The molecule has 9 heteroatoms. The zero-order chi connectivity index (χ0) is 18.1. The van der Waals surface area contributed by atoms with E-state index in [1.165, 1.54) is 13.2 Å².